The topological polar surface area (TPSA) is 62.6 Å². The number of hydrogen-bond acceptors (Lipinski definition) is 5. The van der Waals surface area contributed by atoms with Gasteiger partial charge in [0.05, 0.1) is 10.6 Å². The summed E-state index contributed by atoms with van der Waals surface area (Å²) in [4.78, 5) is 14.3. The van der Waals surface area contributed by atoms with Crippen LogP contribution in [-0.4, -0.2) is 17.9 Å². The Kier molecular flexibility index (Phi) is 3.50. The standard InChI is InChI=1S/C17H11FN2O3S/c18-11-3-1-2-10(6-11)7-15-16(21)20(17(19)24-15)12-4-5-13-14(8-12)23-9-22-13/h1-8,19H,9H2. The molecule has 0 unspecified atom stereocenters. The van der Waals surface area contributed by atoms with Crippen molar-refractivity contribution in [3.63, 3.8) is 0 Å². The van der Waals surface area contributed by atoms with Gasteiger partial charge < -0.3 is 9.47 Å². The first-order valence-corrected chi connectivity index (χ1v) is 7.91. The molecule has 0 saturated carbocycles. The Bertz CT molecular complexity index is 897. The number of carbonyl (C=O) groups excluding carboxylic acids is 1. The van der Waals surface area contributed by atoms with E-state index in [-0.39, 0.29) is 23.7 Å². The van der Waals surface area contributed by atoms with Crippen LogP contribution >= 0.6 is 11.8 Å². The van der Waals surface area contributed by atoms with Gasteiger partial charge in [0.1, 0.15) is 5.82 Å². The van der Waals surface area contributed by atoms with Crippen LogP contribution in [0.5, 0.6) is 11.5 Å². The van der Waals surface area contributed by atoms with Gasteiger partial charge in [-0.05, 0) is 47.7 Å². The number of thioether (sulfide) groups is 1. The Morgan fingerprint density at radius 3 is 2.83 bits per heavy atom. The molecule has 1 saturated heterocycles. The molecule has 0 bridgehead atoms. The summed E-state index contributed by atoms with van der Waals surface area (Å²) in [7, 11) is 0. The molecule has 120 valence electrons. The molecular weight excluding hydrogens is 331 g/mol. The largest absolute Gasteiger partial charge is 0.454 e. The Balaban J connectivity index is 1.66. The molecule has 2 heterocycles. The number of hydrogen-bond donors (Lipinski definition) is 1. The highest BCUT2D eigenvalue weighted by Crippen LogP contribution is 2.40. The Labute approximate surface area is 141 Å². The minimum absolute atomic E-state index is 0.0847. The number of nitrogens with zero attached hydrogens (tertiary/aromatic N) is 1. The van der Waals surface area contributed by atoms with Crippen LogP contribution in [0.2, 0.25) is 0 Å². The lowest BCUT2D eigenvalue weighted by Gasteiger charge is -2.14. The number of halogens is 1. The fraction of sp³-hybridized carbons (Fsp3) is 0.0588. The van der Waals surface area contributed by atoms with E-state index in [1.54, 1.807) is 36.4 Å². The molecule has 2 aliphatic heterocycles. The Morgan fingerprint density at radius 1 is 1.17 bits per heavy atom. The highest BCUT2D eigenvalue weighted by atomic mass is 32.2. The summed E-state index contributed by atoms with van der Waals surface area (Å²) >= 11 is 1.04. The third kappa shape index (κ3) is 2.52. The Hall–Kier alpha value is -2.80. The molecule has 2 aromatic carbocycles. The van der Waals surface area contributed by atoms with Gasteiger partial charge in [0, 0.05) is 6.07 Å². The predicted octanol–water partition coefficient (Wildman–Crippen LogP) is 3.61. The molecule has 0 atom stereocenters. The highest BCUT2D eigenvalue weighted by Gasteiger charge is 2.34. The quantitative estimate of drug-likeness (QED) is 0.847. The second-order valence-electron chi connectivity index (χ2n) is 5.15. The summed E-state index contributed by atoms with van der Waals surface area (Å²) in [6.07, 6.45) is 1.58. The molecule has 4 rings (SSSR count). The van der Waals surface area contributed by atoms with Gasteiger partial charge in [-0.15, -0.1) is 0 Å². The van der Waals surface area contributed by atoms with Crippen LogP contribution in [0.4, 0.5) is 10.1 Å². The molecule has 1 fully saturated rings. The van der Waals surface area contributed by atoms with Crippen molar-refractivity contribution in [2.45, 2.75) is 0 Å². The van der Waals surface area contributed by atoms with Crippen molar-refractivity contribution in [1.29, 1.82) is 5.41 Å². The number of amidine groups is 1. The van der Waals surface area contributed by atoms with Crippen LogP contribution in [0, 0.1) is 11.2 Å². The first-order chi connectivity index (χ1) is 11.6. The smallest absolute Gasteiger partial charge is 0.271 e. The molecule has 1 N–H and O–H groups in total. The number of amides is 1. The lowest BCUT2D eigenvalue weighted by Crippen LogP contribution is -2.28. The zero-order chi connectivity index (χ0) is 16.7. The second kappa shape index (κ2) is 5.68. The van der Waals surface area contributed by atoms with Crippen molar-refractivity contribution in [3.05, 3.63) is 58.8 Å². The fourth-order valence-corrected chi connectivity index (χ4v) is 3.36. The molecule has 5 nitrogen and oxygen atoms in total. The maximum atomic E-state index is 13.3. The number of nitrogens with one attached hydrogen (secondary N) is 1. The van der Waals surface area contributed by atoms with E-state index in [1.807, 2.05) is 0 Å². The molecule has 7 heteroatoms. The number of fused-ring (bicyclic) bond motifs is 1. The maximum Gasteiger partial charge on any atom is 0.271 e. The minimum Gasteiger partial charge on any atom is -0.454 e. The average Bonchev–Trinajstić information content (AvgIpc) is 3.12. The van der Waals surface area contributed by atoms with Crippen molar-refractivity contribution in [1.82, 2.24) is 0 Å². The molecule has 0 radical (unpaired) electrons. The fourth-order valence-electron chi connectivity index (χ4n) is 2.49. The van der Waals surface area contributed by atoms with Crippen LogP contribution in [0.15, 0.2) is 47.4 Å². The van der Waals surface area contributed by atoms with E-state index in [4.69, 9.17) is 14.9 Å². The van der Waals surface area contributed by atoms with E-state index >= 15 is 0 Å². The molecule has 0 aromatic heterocycles. The van der Waals surface area contributed by atoms with Gasteiger partial charge in [-0.2, -0.15) is 0 Å². The van der Waals surface area contributed by atoms with Gasteiger partial charge in [-0.1, -0.05) is 12.1 Å². The monoisotopic (exact) mass is 342 g/mol. The summed E-state index contributed by atoms with van der Waals surface area (Å²) in [6, 6.07) is 11.0. The molecule has 24 heavy (non-hydrogen) atoms. The van der Waals surface area contributed by atoms with Crippen molar-refractivity contribution >= 4 is 34.6 Å². The summed E-state index contributed by atoms with van der Waals surface area (Å²) in [5, 5.41) is 8.17. The van der Waals surface area contributed by atoms with Crippen LogP contribution in [0.1, 0.15) is 5.56 Å². The van der Waals surface area contributed by atoms with E-state index in [0.29, 0.717) is 27.7 Å². The van der Waals surface area contributed by atoms with Gasteiger partial charge in [0.2, 0.25) is 6.79 Å². The summed E-state index contributed by atoms with van der Waals surface area (Å²) in [5.41, 5.74) is 1.11. The summed E-state index contributed by atoms with van der Waals surface area (Å²) in [6.45, 7) is 0.143. The predicted molar refractivity (Wildman–Crippen MR) is 89.7 cm³/mol. The number of ether oxygens (including phenoxy) is 2. The maximum absolute atomic E-state index is 13.3. The van der Waals surface area contributed by atoms with Gasteiger partial charge in [0.15, 0.2) is 16.7 Å². The highest BCUT2D eigenvalue weighted by molar-refractivity contribution is 8.19. The number of benzene rings is 2. The number of carbonyl (C=O) groups is 1. The van der Waals surface area contributed by atoms with E-state index in [0.717, 1.165) is 11.8 Å². The van der Waals surface area contributed by atoms with Crippen LogP contribution < -0.4 is 14.4 Å². The molecule has 0 spiro atoms. The number of rotatable bonds is 2. The summed E-state index contributed by atoms with van der Waals surface area (Å²) in [5.74, 6) is 0.455. The first-order valence-electron chi connectivity index (χ1n) is 7.09. The van der Waals surface area contributed by atoms with Crippen LogP contribution in [0.3, 0.4) is 0 Å². The third-order valence-corrected chi connectivity index (χ3v) is 4.47. The summed E-state index contributed by atoms with van der Waals surface area (Å²) < 4.78 is 23.8. The van der Waals surface area contributed by atoms with Crippen LogP contribution in [-0.2, 0) is 4.79 Å². The van der Waals surface area contributed by atoms with Crippen molar-refractivity contribution in [2.75, 3.05) is 11.7 Å². The van der Waals surface area contributed by atoms with Gasteiger partial charge in [0.25, 0.3) is 5.91 Å². The van der Waals surface area contributed by atoms with E-state index in [9.17, 15) is 9.18 Å². The second-order valence-corrected chi connectivity index (χ2v) is 6.18. The van der Waals surface area contributed by atoms with Gasteiger partial charge in [-0.3, -0.25) is 15.1 Å². The molecule has 2 aliphatic rings. The van der Waals surface area contributed by atoms with Crippen molar-refractivity contribution < 1.29 is 18.7 Å². The molecule has 0 aliphatic carbocycles. The number of anilines is 1. The SMILES string of the molecule is N=C1SC(=Cc2cccc(F)c2)C(=O)N1c1ccc2c(c1)OCO2. The minimum atomic E-state index is -0.373. The third-order valence-electron chi connectivity index (χ3n) is 3.58. The van der Waals surface area contributed by atoms with Gasteiger partial charge >= 0.3 is 0 Å². The normalized spacial score (nSPS) is 17.9. The van der Waals surface area contributed by atoms with Crippen molar-refractivity contribution in [3.8, 4) is 11.5 Å². The molecule has 1 amide bonds. The average molecular weight is 342 g/mol. The van der Waals surface area contributed by atoms with E-state index in [2.05, 4.69) is 0 Å². The molecular formula is C17H11FN2O3S. The van der Waals surface area contributed by atoms with Gasteiger partial charge in [-0.25, -0.2) is 4.39 Å². The van der Waals surface area contributed by atoms with Crippen LogP contribution in [0.25, 0.3) is 6.08 Å². The lowest BCUT2D eigenvalue weighted by atomic mass is 10.2. The first kappa shape index (κ1) is 14.8. The van der Waals surface area contributed by atoms with E-state index in [1.165, 1.54) is 17.0 Å². The Morgan fingerprint density at radius 2 is 2.00 bits per heavy atom. The van der Waals surface area contributed by atoms with E-state index < -0.39 is 0 Å². The zero-order valence-electron chi connectivity index (χ0n) is 12.3. The molecule has 2 aromatic rings. The van der Waals surface area contributed by atoms with Crippen molar-refractivity contribution in [2.24, 2.45) is 0 Å². The zero-order valence-corrected chi connectivity index (χ0v) is 13.1. The lowest BCUT2D eigenvalue weighted by molar-refractivity contribution is -0.113.